The molecule has 3 aromatic carbocycles. The summed E-state index contributed by atoms with van der Waals surface area (Å²) in [6.07, 6.45) is 3.43. The smallest absolute Gasteiger partial charge is 0.203 e. The third-order valence-corrected chi connectivity index (χ3v) is 7.11. The Kier molecular flexibility index (Phi) is 7.64. The van der Waals surface area contributed by atoms with Crippen molar-refractivity contribution in [3.05, 3.63) is 81.0 Å². The van der Waals surface area contributed by atoms with E-state index in [4.69, 9.17) is 14.2 Å². The summed E-state index contributed by atoms with van der Waals surface area (Å²) < 4.78 is 17.1. The third kappa shape index (κ3) is 4.86. The molecule has 180 valence electrons. The molecule has 0 aromatic heterocycles. The quantitative estimate of drug-likeness (QED) is 0.463. The van der Waals surface area contributed by atoms with Gasteiger partial charge in [-0.05, 0) is 71.7 Å². The molecule has 0 spiro atoms. The maximum Gasteiger partial charge on any atom is 0.203 e. The highest BCUT2D eigenvalue weighted by Crippen LogP contribution is 2.50. The van der Waals surface area contributed by atoms with Gasteiger partial charge in [0.25, 0.3) is 0 Å². The number of nitrogens with one attached hydrogen (secondary N) is 1. The first-order valence-electron chi connectivity index (χ1n) is 11.3. The average molecular weight is 489 g/mol. The van der Waals surface area contributed by atoms with Crippen molar-refractivity contribution in [1.82, 2.24) is 5.32 Å². The summed E-state index contributed by atoms with van der Waals surface area (Å²) >= 11 is 1.43. The van der Waals surface area contributed by atoms with Crippen LogP contribution in [0.15, 0.2) is 58.2 Å². The van der Waals surface area contributed by atoms with E-state index in [-0.39, 0.29) is 11.5 Å². The summed E-state index contributed by atoms with van der Waals surface area (Å²) in [4.78, 5) is 13.7. The second-order valence-corrected chi connectivity index (χ2v) is 9.09. The zero-order valence-corrected chi connectivity index (χ0v) is 21.1. The highest BCUT2D eigenvalue weighted by Gasteiger charge is 2.29. The van der Waals surface area contributed by atoms with Gasteiger partial charge < -0.3 is 19.5 Å². The Morgan fingerprint density at radius 2 is 1.86 bits per heavy atom. The van der Waals surface area contributed by atoms with Crippen LogP contribution in [0.1, 0.15) is 34.7 Å². The van der Waals surface area contributed by atoms with Crippen molar-refractivity contribution in [1.29, 1.82) is 5.26 Å². The number of hydrogen-bond acceptors (Lipinski definition) is 7. The van der Waals surface area contributed by atoms with Crippen molar-refractivity contribution in [2.45, 2.75) is 30.3 Å². The predicted octanol–water partition coefficient (Wildman–Crippen LogP) is 5.11. The summed E-state index contributed by atoms with van der Waals surface area (Å²) in [6, 6.07) is 17.3. The lowest BCUT2D eigenvalue weighted by Crippen LogP contribution is -2.22. The van der Waals surface area contributed by atoms with Gasteiger partial charge >= 0.3 is 0 Å². The summed E-state index contributed by atoms with van der Waals surface area (Å²) in [5.41, 5.74) is 5.45. The number of nitriles is 1. The number of nitrogens with zero attached hydrogens (tertiary/aromatic N) is 1. The van der Waals surface area contributed by atoms with E-state index >= 15 is 0 Å². The van der Waals surface area contributed by atoms with Gasteiger partial charge in [-0.1, -0.05) is 18.2 Å². The average Bonchev–Trinajstić information content (AvgIpc) is 3.14. The van der Waals surface area contributed by atoms with E-state index in [0.29, 0.717) is 34.3 Å². The standard InChI is InChI=1S/C28H28N2O4S/c1-32-24-13-19-8-10-22(30-16-18-7-5-6-17(12-18)15-29)21-14-23(31)25(35-4)11-9-20(21)26(19)28(34-3)27(24)33-2/h5-7,9,11-14,22,30H,8,10,16H2,1-4H3. The zero-order chi connectivity index (χ0) is 24.9. The lowest BCUT2D eigenvalue weighted by atomic mass is 9.95. The number of aryl methyl sites for hydroxylation is 1. The minimum atomic E-state index is -0.0837. The van der Waals surface area contributed by atoms with Gasteiger partial charge in [-0.15, -0.1) is 11.8 Å². The predicted molar refractivity (Wildman–Crippen MR) is 139 cm³/mol. The Bertz CT molecular complexity index is 1350. The van der Waals surface area contributed by atoms with Crippen molar-refractivity contribution in [3.8, 4) is 34.4 Å². The molecule has 1 atom stereocenters. The molecule has 3 aromatic rings. The zero-order valence-electron chi connectivity index (χ0n) is 20.3. The third-order valence-electron chi connectivity index (χ3n) is 6.33. The molecule has 6 nitrogen and oxygen atoms in total. The molecule has 1 aliphatic carbocycles. The van der Waals surface area contributed by atoms with Crippen molar-refractivity contribution in [3.63, 3.8) is 0 Å². The second kappa shape index (κ2) is 10.9. The van der Waals surface area contributed by atoms with E-state index < -0.39 is 0 Å². The Labute approximate surface area is 209 Å². The Morgan fingerprint density at radius 3 is 2.54 bits per heavy atom. The van der Waals surface area contributed by atoms with E-state index in [1.54, 1.807) is 33.5 Å². The highest BCUT2D eigenvalue weighted by atomic mass is 32.2. The van der Waals surface area contributed by atoms with Crippen LogP contribution in [0.2, 0.25) is 0 Å². The Balaban J connectivity index is 1.88. The SMILES string of the molecule is COc1cc2c(c(OC)c1OC)-c1ccc(SC)c(=O)cc1C(NCc1cccc(C#N)c1)CC2. The minimum Gasteiger partial charge on any atom is -0.493 e. The van der Waals surface area contributed by atoms with E-state index in [9.17, 15) is 10.1 Å². The molecule has 0 bridgehead atoms. The molecule has 1 aliphatic rings. The summed E-state index contributed by atoms with van der Waals surface area (Å²) in [6.45, 7) is 0.571. The molecule has 0 saturated carbocycles. The molecule has 0 amide bonds. The first-order valence-corrected chi connectivity index (χ1v) is 12.5. The van der Waals surface area contributed by atoms with Gasteiger partial charge in [-0.3, -0.25) is 4.79 Å². The maximum absolute atomic E-state index is 13.1. The number of ether oxygens (including phenoxy) is 3. The molecule has 0 radical (unpaired) electrons. The largest absolute Gasteiger partial charge is 0.493 e. The summed E-state index contributed by atoms with van der Waals surface area (Å²) in [5.74, 6) is 1.73. The maximum atomic E-state index is 13.1. The fourth-order valence-corrected chi connectivity index (χ4v) is 5.13. The molecule has 0 heterocycles. The van der Waals surface area contributed by atoms with Crippen LogP contribution in [0.25, 0.3) is 11.1 Å². The van der Waals surface area contributed by atoms with Crippen LogP contribution in [-0.4, -0.2) is 27.6 Å². The number of fused-ring (bicyclic) bond motifs is 3. The van der Waals surface area contributed by atoms with Crippen LogP contribution in [-0.2, 0) is 13.0 Å². The van der Waals surface area contributed by atoms with E-state index in [1.165, 1.54) is 11.8 Å². The number of rotatable bonds is 7. The van der Waals surface area contributed by atoms with Crippen LogP contribution in [0.5, 0.6) is 17.2 Å². The van der Waals surface area contributed by atoms with E-state index in [1.807, 2.05) is 42.7 Å². The molecular weight excluding hydrogens is 460 g/mol. The van der Waals surface area contributed by atoms with Crippen molar-refractivity contribution >= 4 is 11.8 Å². The van der Waals surface area contributed by atoms with Gasteiger partial charge in [0.2, 0.25) is 5.75 Å². The summed E-state index contributed by atoms with van der Waals surface area (Å²) in [7, 11) is 4.83. The first kappa shape index (κ1) is 24.6. The van der Waals surface area contributed by atoms with Gasteiger partial charge in [0.05, 0.1) is 37.9 Å². The van der Waals surface area contributed by atoms with Crippen LogP contribution >= 0.6 is 11.8 Å². The molecule has 4 rings (SSSR count). The van der Waals surface area contributed by atoms with Gasteiger partial charge in [0, 0.05) is 18.2 Å². The van der Waals surface area contributed by atoms with Crippen molar-refractivity contribution < 1.29 is 14.2 Å². The normalized spacial score (nSPS) is 14.2. The molecule has 0 saturated heterocycles. The number of hydrogen-bond donors (Lipinski definition) is 1. The minimum absolute atomic E-state index is 0.0140. The Morgan fingerprint density at radius 1 is 1.06 bits per heavy atom. The van der Waals surface area contributed by atoms with Crippen LogP contribution in [0.4, 0.5) is 0 Å². The van der Waals surface area contributed by atoms with Gasteiger partial charge in [0.1, 0.15) is 0 Å². The number of methoxy groups -OCH3 is 3. The summed E-state index contributed by atoms with van der Waals surface area (Å²) in [5, 5.41) is 12.9. The van der Waals surface area contributed by atoms with E-state index in [0.717, 1.165) is 40.7 Å². The lowest BCUT2D eigenvalue weighted by Gasteiger charge is -2.20. The van der Waals surface area contributed by atoms with Crippen LogP contribution < -0.4 is 25.0 Å². The fourth-order valence-electron chi connectivity index (χ4n) is 4.67. The molecule has 1 N–H and O–H groups in total. The lowest BCUT2D eigenvalue weighted by molar-refractivity contribution is 0.324. The number of thioether (sulfide) groups is 1. The molecule has 1 unspecified atom stereocenters. The van der Waals surface area contributed by atoms with Crippen LogP contribution in [0.3, 0.4) is 0 Å². The second-order valence-electron chi connectivity index (χ2n) is 8.24. The molecule has 35 heavy (non-hydrogen) atoms. The molecule has 0 fully saturated rings. The van der Waals surface area contributed by atoms with Gasteiger partial charge in [0.15, 0.2) is 16.9 Å². The molecule has 7 heteroatoms. The van der Waals surface area contributed by atoms with Crippen LogP contribution in [0, 0.1) is 11.3 Å². The first-order chi connectivity index (χ1) is 17.0. The monoisotopic (exact) mass is 488 g/mol. The van der Waals surface area contributed by atoms with Crippen molar-refractivity contribution in [2.24, 2.45) is 0 Å². The van der Waals surface area contributed by atoms with Crippen molar-refractivity contribution in [2.75, 3.05) is 27.6 Å². The van der Waals surface area contributed by atoms with E-state index in [2.05, 4.69) is 11.4 Å². The number of benzene rings is 2. The Hall–Kier alpha value is -3.47. The molecule has 0 aliphatic heterocycles. The topological polar surface area (TPSA) is 80.6 Å². The highest BCUT2D eigenvalue weighted by molar-refractivity contribution is 7.98. The molecular formula is C28H28N2O4S. The van der Waals surface area contributed by atoms with Gasteiger partial charge in [-0.2, -0.15) is 5.26 Å². The van der Waals surface area contributed by atoms with Gasteiger partial charge in [-0.25, -0.2) is 0 Å². The fraction of sp³-hybridized carbons (Fsp3) is 0.286.